The van der Waals surface area contributed by atoms with Crippen LogP contribution in [0.5, 0.6) is 0 Å². The van der Waals surface area contributed by atoms with Crippen LogP contribution in [0.2, 0.25) is 0 Å². The van der Waals surface area contributed by atoms with Gasteiger partial charge < -0.3 is 9.59 Å². The summed E-state index contributed by atoms with van der Waals surface area (Å²) < 4.78 is 1.18. The molecule has 2 bridgehead atoms. The maximum Gasteiger partial charge on any atom is 0.103 e. The molecular weight excluding hydrogens is 212 g/mol. The third-order valence-electron chi connectivity index (χ3n) is 5.26. The average Bonchev–Trinajstić information content (AvgIpc) is 2.48. The first-order chi connectivity index (χ1) is 8.02. The lowest BCUT2D eigenvalue weighted by molar-refractivity contribution is -0.983. The van der Waals surface area contributed by atoms with Crippen LogP contribution in [0.15, 0.2) is 0 Å². The third kappa shape index (κ3) is 2.02. The van der Waals surface area contributed by atoms with Crippen molar-refractivity contribution in [1.82, 2.24) is 4.90 Å². The fraction of sp³-hybridized carbons (Fsp3) is 1.00. The van der Waals surface area contributed by atoms with Crippen LogP contribution < -0.4 is 0 Å². The number of nitrogens with zero attached hydrogens (tertiary/aromatic N) is 2. The molecule has 0 radical (unpaired) electrons. The van der Waals surface area contributed by atoms with Crippen LogP contribution in [0.1, 0.15) is 40.5 Å². The van der Waals surface area contributed by atoms with E-state index in [2.05, 4.69) is 32.6 Å². The normalized spacial score (nSPS) is 38.3. The van der Waals surface area contributed by atoms with Gasteiger partial charge in [0.05, 0.1) is 25.7 Å². The molecule has 3 heteroatoms. The molecule has 2 heterocycles. The third-order valence-corrected chi connectivity index (χ3v) is 5.26. The summed E-state index contributed by atoms with van der Waals surface area (Å²) in [6, 6.07) is 2.82. The van der Waals surface area contributed by atoms with Gasteiger partial charge in [-0.1, -0.05) is 0 Å². The van der Waals surface area contributed by atoms with Crippen molar-refractivity contribution in [3.05, 3.63) is 0 Å². The van der Waals surface area contributed by atoms with Gasteiger partial charge in [-0.25, -0.2) is 0 Å². The second-order valence-corrected chi connectivity index (χ2v) is 6.47. The van der Waals surface area contributed by atoms with E-state index in [9.17, 15) is 5.11 Å². The Labute approximate surface area is 106 Å². The van der Waals surface area contributed by atoms with Crippen molar-refractivity contribution < 1.29 is 9.59 Å². The summed E-state index contributed by atoms with van der Waals surface area (Å²) in [6.07, 6.45) is 2.71. The van der Waals surface area contributed by atoms with Crippen LogP contribution in [-0.4, -0.2) is 64.9 Å². The zero-order chi connectivity index (χ0) is 12.6. The summed E-state index contributed by atoms with van der Waals surface area (Å²) in [6.45, 7) is 13.0. The Bertz CT molecular complexity index is 251. The van der Waals surface area contributed by atoms with Crippen molar-refractivity contribution in [2.45, 2.75) is 64.7 Å². The van der Waals surface area contributed by atoms with Gasteiger partial charge >= 0.3 is 0 Å². The molecule has 17 heavy (non-hydrogen) atoms. The molecule has 2 aliphatic rings. The molecule has 3 nitrogen and oxygen atoms in total. The summed E-state index contributed by atoms with van der Waals surface area (Å²) in [4.78, 5) is 2.64. The quantitative estimate of drug-likeness (QED) is 0.753. The van der Waals surface area contributed by atoms with Crippen molar-refractivity contribution in [1.29, 1.82) is 0 Å². The van der Waals surface area contributed by atoms with Gasteiger partial charge in [-0.2, -0.15) is 0 Å². The lowest BCUT2D eigenvalue weighted by Gasteiger charge is -2.54. The molecule has 0 amide bonds. The smallest absolute Gasteiger partial charge is 0.103 e. The van der Waals surface area contributed by atoms with Crippen molar-refractivity contribution in [3.63, 3.8) is 0 Å². The van der Waals surface area contributed by atoms with Crippen LogP contribution in [0.25, 0.3) is 0 Å². The minimum Gasteiger partial charge on any atom is -0.391 e. The molecule has 2 saturated heterocycles. The monoisotopic (exact) mass is 241 g/mol. The van der Waals surface area contributed by atoms with E-state index >= 15 is 0 Å². The number of hydrogen-bond acceptors (Lipinski definition) is 2. The number of rotatable bonds is 4. The Morgan fingerprint density at radius 3 is 2.00 bits per heavy atom. The van der Waals surface area contributed by atoms with Gasteiger partial charge in [0.25, 0.3) is 0 Å². The zero-order valence-electron chi connectivity index (χ0n) is 11.9. The molecule has 1 unspecified atom stereocenters. The number of hydrogen-bond donors (Lipinski definition) is 1. The summed E-state index contributed by atoms with van der Waals surface area (Å²) >= 11 is 0. The van der Waals surface area contributed by atoms with Gasteiger partial charge in [0.2, 0.25) is 0 Å². The fourth-order valence-electron chi connectivity index (χ4n) is 4.33. The van der Waals surface area contributed by atoms with E-state index in [1.54, 1.807) is 0 Å². The molecule has 2 rings (SSSR count). The average molecular weight is 241 g/mol. The minimum atomic E-state index is 0.340. The number of fused-ring (bicyclic) bond motifs is 2. The zero-order valence-corrected chi connectivity index (χ0v) is 11.9. The Hall–Kier alpha value is -0.120. The predicted octanol–water partition coefficient (Wildman–Crippen LogP) is 1.46. The van der Waals surface area contributed by atoms with Crippen molar-refractivity contribution in [2.24, 2.45) is 0 Å². The van der Waals surface area contributed by atoms with E-state index in [-0.39, 0.29) is 0 Å². The highest BCUT2D eigenvalue weighted by molar-refractivity contribution is 4.89. The van der Waals surface area contributed by atoms with Gasteiger partial charge in [0.15, 0.2) is 0 Å². The van der Waals surface area contributed by atoms with Gasteiger partial charge in [-0.15, -0.1) is 0 Å². The van der Waals surface area contributed by atoms with Gasteiger partial charge in [0.1, 0.15) is 18.6 Å². The lowest BCUT2D eigenvalue weighted by atomic mass is 10.0. The topological polar surface area (TPSA) is 23.5 Å². The second kappa shape index (κ2) is 4.87. The first kappa shape index (κ1) is 13.3. The first-order valence-electron chi connectivity index (χ1n) is 7.24. The van der Waals surface area contributed by atoms with Gasteiger partial charge in [0, 0.05) is 18.9 Å². The van der Waals surface area contributed by atoms with Crippen LogP contribution in [0.4, 0.5) is 0 Å². The molecule has 0 aromatic heterocycles. The summed E-state index contributed by atoms with van der Waals surface area (Å²) in [7, 11) is 0. The number of quaternary nitrogens is 1. The largest absolute Gasteiger partial charge is 0.391 e. The van der Waals surface area contributed by atoms with E-state index in [1.165, 1.54) is 30.4 Å². The number of aliphatic hydroxyl groups excluding tert-OH is 1. The summed E-state index contributed by atoms with van der Waals surface area (Å²) in [5.74, 6) is 0. The molecule has 2 aliphatic heterocycles. The number of aliphatic hydroxyl groups is 1. The van der Waals surface area contributed by atoms with E-state index in [0.717, 1.165) is 18.6 Å². The molecule has 0 spiro atoms. The Kier molecular flexibility index (Phi) is 3.81. The molecule has 2 fully saturated rings. The molecule has 0 saturated carbocycles. The van der Waals surface area contributed by atoms with Crippen molar-refractivity contribution in [2.75, 3.05) is 26.2 Å². The molecule has 1 N–H and O–H groups in total. The van der Waals surface area contributed by atoms with Crippen LogP contribution in [0, 0.1) is 0 Å². The molecule has 100 valence electrons. The van der Waals surface area contributed by atoms with Gasteiger partial charge in [-0.05, 0) is 27.7 Å². The molecule has 3 atom stereocenters. The van der Waals surface area contributed by atoms with E-state index in [0.29, 0.717) is 18.7 Å². The predicted molar refractivity (Wildman–Crippen MR) is 70.9 cm³/mol. The molecular formula is C14H29N2O+. The summed E-state index contributed by atoms with van der Waals surface area (Å²) in [5, 5.41) is 9.44. The highest BCUT2D eigenvalue weighted by atomic mass is 16.3. The van der Waals surface area contributed by atoms with Crippen molar-refractivity contribution in [3.8, 4) is 0 Å². The maximum absolute atomic E-state index is 9.44. The first-order valence-corrected chi connectivity index (χ1v) is 7.24. The second-order valence-electron chi connectivity index (χ2n) is 6.47. The molecule has 0 aromatic carbocycles. The number of piperazine rings is 1. The highest BCUT2D eigenvalue weighted by Crippen LogP contribution is 2.40. The van der Waals surface area contributed by atoms with E-state index in [4.69, 9.17) is 0 Å². The minimum absolute atomic E-state index is 0.340. The number of likely N-dealkylation sites (tertiary alicyclic amines) is 1. The Balaban J connectivity index is 2.21. The molecule has 0 aromatic rings. The highest BCUT2D eigenvalue weighted by Gasteiger charge is 2.54. The Morgan fingerprint density at radius 1 is 1.12 bits per heavy atom. The van der Waals surface area contributed by atoms with Crippen LogP contribution >= 0.6 is 0 Å². The fourth-order valence-corrected chi connectivity index (χ4v) is 4.33. The standard InChI is InChI=1S/C14H29N2O/c1-11(2)15-9-13-5-6-14(10-15)16(13,7-8-17)12(3)4/h11-14,17H,5-10H2,1-4H3/q+1/t13-,14+,16?. The maximum atomic E-state index is 9.44. The van der Waals surface area contributed by atoms with E-state index in [1.807, 2.05) is 0 Å². The summed E-state index contributed by atoms with van der Waals surface area (Å²) in [5.41, 5.74) is 0. The van der Waals surface area contributed by atoms with E-state index < -0.39 is 0 Å². The van der Waals surface area contributed by atoms with Crippen LogP contribution in [0.3, 0.4) is 0 Å². The lowest BCUT2D eigenvalue weighted by Crippen LogP contribution is -2.70. The van der Waals surface area contributed by atoms with Crippen molar-refractivity contribution >= 4 is 0 Å². The van der Waals surface area contributed by atoms with Gasteiger partial charge in [-0.3, -0.25) is 4.90 Å². The van der Waals surface area contributed by atoms with Crippen LogP contribution in [-0.2, 0) is 0 Å². The Morgan fingerprint density at radius 2 is 1.65 bits per heavy atom. The SMILES string of the molecule is CC(C)N1C[C@H]2CC[C@@H](C1)[N+]2(CCO)C(C)C. The molecule has 0 aliphatic carbocycles.